The largest absolute Gasteiger partial charge is 0.369 e. The average Bonchev–Trinajstić information content (AvgIpc) is 2.45. The van der Waals surface area contributed by atoms with E-state index in [9.17, 15) is 0 Å². The molecule has 0 aliphatic rings. The number of aromatic nitrogens is 2. The molecule has 1 aromatic carbocycles. The van der Waals surface area contributed by atoms with E-state index in [2.05, 4.69) is 29.1 Å². The van der Waals surface area contributed by atoms with E-state index < -0.39 is 0 Å². The van der Waals surface area contributed by atoms with Crippen LogP contribution in [0.1, 0.15) is 25.1 Å². The summed E-state index contributed by atoms with van der Waals surface area (Å²) in [4.78, 5) is 7.94. The molecule has 2 rings (SSSR count). The van der Waals surface area contributed by atoms with Crippen LogP contribution in [0.2, 0.25) is 5.02 Å². The van der Waals surface area contributed by atoms with Gasteiger partial charge in [0.25, 0.3) is 0 Å². The van der Waals surface area contributed by atoms with E-state index >= 15 is 0 Å². The molecule has 0 saturated carbocycles. The highest BCUT2D eigenvalue weighted by Gasteiger charge is 2.20. The zero-order valence-electron chi connectivity index (χ0n) is 11.4. The highest BCUT2D eigenvalue weighted by molar-refractivity contribution is 6.30. The summed E-state index contributed by atoms with van der Waals surface area (Å²) in [6.45, 7) is 4.92. The molecule has 0 radical (unpaired) electrons. The highest BCUT2D eigenvalue weighted by Crippen LogP contribution is 2.25. The Kier molecular flexibility index (Phi) is 4.21. The molecule has 1 N–H and O–H groups in total. The van der Waals surface area contributed by atoms with Gasteiger partial charge in [0, 0.05) is 23.0 Å². The summed E-state index contributed by atoms with van der Waals surface area (Å²) < 4.78 is 0. The third-order valence-electron chi connectivity index (χ3n) is 3.10. The molecule has 0 aliphatic carbocycles. The normalized spacial score (nSPS) is 10.9. The van der Waals surface area contributed by atoms with E-state index in [1.54, 1.807) is 6.07 Å². The Balaban J connectivity index is 2.11. The van der Waals surface area contributed by atoms with Crippen LogP contribution in [0.3, 0.4) is 0 Å². The quantitative estimate of drug-likeness (QED) is 0.936. The molecule has 2 aromatic rings. The molecule has 1 heterocycles. The van der Waals surface area contributed by atoms with Gasteiger partial charge >= 0.3 is 0 Å². The lowest BCUT2D eigenvalue weighted by Gasteiger charge is -2.26. The molecule has 4 nitrogen and oxygen atoms in total. The summed E-state index contributed by atoms with van der Waals surface area (Å²) in [5, 5.41) is 12.8. The van der Waals surface area contributed by atoms with Gasteiger partial charge in [-0.25, -0.2) is 9.97 Å². The van der Waals surface area contributed by atoms with E-state index in [1.807, 2.05) is 30.3 Å². The number of benzene rings is 1. The van der Waals surface area contributed by atoms with Crippen molar-refractivity contribution in [3.8, 4) is 6.07 Å². The topological polar surface area (TPSA) is 61.6 Å². The number of nitrogens with zero attached hydrogens (tertiary/aromatic N) is 3. The van der Waals surface area contributed by atoms with Gasteiger partial charge in [-0.2, -0.15) is 5.26 Å². The zero-order valence-corrected chi connectivity index (χ0v) is 12.1. The summed E-state index contributed by atoms with van der Waals surface area (Å²) in [5.74, 6) is 0.645. The second-order valence-electron chi connectivity index (χ2n) is 5.15. The van der Waals surface area contributed by atoms with E-state index in [0.29, 0.717) is 18.1 Å². The number of rotatable bonds is 4. The maximum absolute atomic E-state index is 8.82. The number of nitriles is 1. The maximum Gasteiger partial charge on any atom is 0.145 e. The van der Waals surface area contributed by atoms with Crippen LogP contribution in [0.25, 0.3) is 0 Å². The van der Waals surface area contributed by atoms with Crippen molar-refractivity contribution in [3.05, 3.63) is 52.9 Å². The number of hydrogen-bond acceptors (Lipinski definition) is 4. The Morgan fingerprint density at radius 1 is 1.30 bits per heavy atom. The number of anilines is 1. The number of halogens is 1. The van der Waals surface area contributed by atoms with E-state index in [-0.39, 0.29) is 5.41 Å². The first kappa shape index (κ1) is 14.3. The van der Waals surface area contributed by atoms with Gasteiger partial charge in [0.2, 0.25) is 0 Å². The SMILES string of the molecule is CC(C)(CNc1cc(C#N)ncn1)c1cccc(Cl)c1. The van der Waals surface area contributed by atoms with Crippen LogP contribution < -0.4 is 5.32 Å². The Morgan fingerprint density at radius 3 is 2.80 bits per heavy atom. The van der Waals surface area contributed by atoms with Gasteiger partial charge in [0.1, 0.15) is 23.9 Å². The summed E-state index contributed by atoms with van der Waals surface area (Å²) in [6.07, 6.45) is 1.38. The van der Waals surface area contributed by atoms with Crippen LogP contribution in [0.15, 0.2) is 36.7 Å². The third-order valence-corrected chi connectivity index (χ3v) is 3.33. The number of nitrogens with one attached hydrogen (secondary N) is 1. The van der Waals surface area contributed by atoms with Gasteiger partial charge in [-0.05, 0) is 17.7 Å². The zero-order chi connectivity index (χ0) is 14.6. The molecule has 5 heteroatoms. The second kappa shape index (κ2) is 5.89. The Morgan fingerprint density at radius 2 is 2.10 bits per heavy atom. The molecule has 0 fully saturated rings. The van der Waals surface area contributed by atoms with Crippen molar-refractivity contribution < 1.29 is 0 Å². The fourth-order valence-corrected chi connectivity index (χ4v) is 2.03. The van der Waals surface area contributed by atoms with Crippen molar-refractivity contribution in [2.45, 2.75) is 19.3 Å². The first-order valence-corrected chi connectivity index (χ1v) is 6.61. The molecular formula is C15H15ClN4. The average molecular weight is 287 g/mol. The minimum atomic E-state index is -0.108. The van der Waals surface area contributed by atoms with Crippen molar-refractivity contribution in [3.63, 3.8) is 0 Å². The van der Waals surface area contributed by atoms with E-state index in [4.69, 9.17) is 16.9 Å². The molecule has 0 atom stereocenters. The minimum absolute atomic E-state index is 0.108. The first-order chi connectivity index (χ1) is 9.51. The Bertz CT molecular complexity index is 646. The van der Waals surface area contributed by atoms with Gasteiger partial charge in [-0.15, -0.1) is 0 Å². The molecule has 0 bridgehead atoms. The smallest absolute Gasteiger partial charge is 0.145 e. The summed E-state index contributed by atoms with van der Waals surface area (Å²) in [5.41, 5.74) is 1.39. The molecular weight excluding hydrogens is 272 g/mol. The summed E-state index contributed by atoms with van der Waals surface area (Å²) in [6, 6.07) is 11.4. The molecule has 0 amide bonds. The van der Waals surface area contributed by atoms with Crippen LogP contribution >= 0.6 is 11.6 Å². The van der Waals surface area contributed by atoms with Crippen molar-refractivity contribution in [1.29, 1.82) is 5.26 Å². The van der Waals surface area contributed by atoms with Gasteiger partial charge in [-0.3, -0.25) is 0 Å². The summed E-state index contributed by atoms with van der Waals surface area (Å²) >= 11 is 6.03. The van der Waals surface area contributed by atoms with E-state index in [0.717, 1.165) is 10.6 Å². The highest BCUT2D eigenvalue weighted by atomic mass is 35.5. The second-order valence-corrected chi connectivity index (χ2v) is 5.58. The maximum atomic E-state index is 8.82. The van der Waals surface area contributed by atoms with Crippen LogP contribution in [0, 0.1) is 11.3 Å². The van der Waals surface area contributed by atoms with Crippen LogP contribution in [0.5, 0.6) is 0 Å². The molecule has 0 unspecified atom stereocenters. The van der Waals surface area contributed by atoms with E-state index in [1.165, 1.54) is 6.33 Å². The predicted molar refractivity (Wildman–Crippen MR) is 79.7 cm³/mol. The van der Waals surface area contributed by atoms with Crippen molar-refractivity contribution >= 4 is 17.4 Å². The van der Waals surface area contributed by atoms with Crippen molar-refractivity contribution in [1.82, 2.24) is 9.97 Å². The molecule has 0 aliphatic heterocycles. The summed E-state index contributed by atoms with van der Waals surface area (Å²) in [7, 11) is 0. The van der Waals surface area contributed by atoms with Crippen LogP contribution in [-0.4, -0.2) is 16.5 Å². The van der Waals surface area contributed by atoms with Gasteiger partial charge in [-0.1, -0.05) is 37.6 Å². The lowest BCUT2D eigenvalue weighted by atomic mass is 9.84. The van der Waals surface area contributed by atoms with Crippen LogP contribution in [-0.2, 0) is 5.41 Å². The van der Waals surface area contributed by atoms with Gasteiger partial charge in [0.15, 0.2) is 0 Å². The molecule has 0 saturated heterocycles. The Hall–Kier alpha value is -2.12. The third kappa shape index (κ3) is 3.46. The molecule has 102 valence electrons. The fourth-order valence-electron chi connectivity index (χ4n) is 1.84. The molecule has 1 aromatic heterocycles. The lowest BCUT2D eigenvalue weighted by Crippen LogP contribution is -2.28. The molecule has 0 spiro atoms. The Labute approximate surface area is 123 Å². The molecule has 20 heavy (non-hydrogen) atoms. The lowest BCUT2D eigenvalue weighted by molar-refractivity contribution is 0.556. The fraction of sp³-hybridized carbons (Fsp3) is 0.267. The first-order valence-electron chi connectivity index (χ1n) is 6.23. The van der Waals surface area contributed by atoms with Gasteiger partial charge in [0.05, 0.1) is 0 Å². The van der Waals surface area contributed by atoms with Crippen molar-refractivity contribution in [2.75, 3.05) is 11.9 Å². The standard InChI is InChI=1S/C15H15ClN4/c1-15(2,11-4-3-5-12(16)6-11)9-18-14-7-13(8-17)19-10-20-14/h3-7,10H,9H2,1-2H3,(H,18,19,20). The predicted octanol–water partition coefficient (Wildman–Crippen LogP) is 3.39. The van der Waals surface area contributed by atoms with Crippen LogP contribution in [0.4, 0.5) is 5.82 Å². The monoisotopic (exact) mass is 286 g/mol. The minimum Gasteiger partial charge on any atom is -0.369 e. The van der Waals surface area contributed by atoms with Gasteiger partial charge < -0.3 is 5.32 Å². The van der Waals surface area contributed by atoms with Crippen molar-refractivity contribution in [2.24, 2.45) is 0 Å². The number of hydrogen-bond donors (Lipinski definition) is 1.